The molecule has 43 heavy (non-hydrogen) atoms. The van der Waals surface area contributed by atoms with Crippen LogP contribution < -0.4 is 5.32 Å². The number of aliphatic hydroxyl groups is 1. The highest BCUT2D eigenvalue weighted by atomic mass is 35.5. The lowest BCUT2D eigenvalue weighted by atomic mass is 9.78. The lowest BCUT2D eigenvalue weighted by Gasteiger charge is -2.28. The van der Waals surface area contributed by atoms with Crippen LogP contribution in [0.3, 0.4) is 0 Å². The van der Waals surface area contributed by atoms with E-state index in [0.29, 0.717) is 35.5 Å². The van der Waals surface area contributed by atoms with Crippen molar-refractivity contribution in [3.8, 4) is 5.75 Å². The summed E-state index contributed by atoms with van der Waals surface area (Å²) in [5.41, 5.74) is 4.24. The van der Waals surface area contributed by atoms with Gasteiger partial charge in [-0.15, -0.1) is 0 Å². The highest BCUT2D eigenvalue weighted by molar-refractivity contribution is 6.43. The Bertz CT molecular complexity index is 1690. The summed E-state index contributed by atoms with van der Waals surface area (Å²) in [5.74, 6) is -1.49. The molecule has 1 aromatic heterocycles. The average molecular weight is 620 g/mol. The van der Waals surface area contributed by atoms with Gasteiger partial charge in [0.1, 0.15) is 17.9 Å². The number of carbonyl (C=O) groups is 2. The van der Waals surface area contributed by atoms with E-state index in [1.165, 1.54) is 12.1 Å². The van der Waals surface area contributed by atoms with E-state index in [1.54, 1.807) is 6.07 Å². The molecule has 1 aliphatic rings. The number of pyridine rings is 1. The molecule has 3 aromatic carbocycles. The SMILES string of the molecule is CC(C)(C)c1cc(CCC(O)Nc2cccc3ccc(C4C(=O)c5cc(Cl)c(Cl)cc5C4=O)nc23)cc(C(C)(C)C)c1O. The number of aromatic nitrogens is 1. The van der Waals surface area contributed by atoms with Gasteiger partial charge in [0.25, 0.3) is 0 Å². The lowest BCUT2D eigenvalue weighted by molar-refractivity contribution is 0.0888. The normalized spacial score (nSPS) is 14.8. The maximum absolute atomic E-state index is 13.2. The van der Waals surface area contributed by atoms with E-state index in [4.69, 9.17) is 28.2 Å². The number of hydrogen-bond donors (Lipinski definition) is 3. The molecule has 0 amide bonds. The summed E-state index contributed by atoms with van der Waals surface area (Å²) in [6, 6.07) is 16.0. The van der Waals surface area contributed by atoms with Crippen molar-refractivity contribution in [2.24, 2.45) is 0 Å². The van der Waals surface area contributed by atoms with Crippen LogP contribution in [0, 0.1) is 0 Å². The molecule has 3 N–H and O–H groups in total. The molecule has 224 valence electrons. The zero-order valence-corrected chi connectivity index (χ0v) is 26.7. The standard InChI is InChI=1S/C35H36Cl2N2O4/c1-34(2,3)22-14-18(15-23(33(22)43)35(4,5)6)10-13-28(40)38-27-9-7-8-19-11-12-26(39-30(19)27)29-31(41)20-16-24(36)25(37)17-21(20)32(29)42/h7-9,11-12,14-17,28-29,38,40,43H,10,13H2,1-6H3. The van der Waals surface area contributed by atoms with Crippen LogP contribution in [0.4, 0.5) is 5.69 Å². The summed E-state index contributed by atoms with van der Waals surface area (Å²) in [5, 5.41) is 26.5. The number of ketones is 2. The van der Waals surface area contributed by atoms with Crippen LogP contribution in [0.1, 0.15) is 97.0 Å². The molecule has 5 rings (SSSR count). The first-order chi connectivity index (χ1) is 20.1. The number of benzene rings is 3. The van der Waals surface area contributed by atoms with Gasteiger partial charge in [-0.3, -0.25) is 9.59 Å². The molecule has 0 spiro atoms. The van der Waals surface area contributed by atoms with E-state index < -0.39 is 12.1 Å². The van der Waals surface area contributed by atoms with E-state index >= 15 is 0 Å². The maximum atomic E-state index is 13.2. The number of nitrogens with zero attached hydrogens (tertiary/aromatic N) is 1. The zero-order valence-electron chi connectivity index (χ0n) is 25.2. The number of halogens is 2. The number of aromatic hydroxyl groups is 1. The summed E-state index contributed by atoms with van der Waals surface area (Å²) in [6.07, 6.45) is 0.0903. The number of rotatable bonds is 6. The first-order valence-corrected chi connectivity index (χ1v) is 15.1. The number of Topliss-reactive ketones (excluding diaryl/α,β-unsaturated/α-hetero) is 2. The average Bonchev–Trinajstić information content (AvgIpc) is 3.15. The summed E-state index contributed by atoms with van der Waals surface area (Å²) in [7, 11) is 0. The smallest absolute Gasteiger partial charge is 0.180 e. The highest BCUT2D eigenvalue weighted by Crippen LogP contribution is 2.41. The molecule has 0 radical (unpaired) electrons. The Balaban J connectivity index is 1.40. The molecule has 0 saturated heterocycles. The van der Waals surface area contributed by atoms with Gasteiger partial charge in [-0.2, -0.15) is 0 Å². The number of fused-ring (bicyclic) bond motifs is 2. The first kappa shape index (κ1) is 31.0. The van der Waals surface area contributed by atoms with Gasteiger partial charge in [0.15, 0.2) is 11.6 Å². The Morgan fingerprint density at radius 2 is 1.42 bits per heavy atom. The molecule has 0 saturated carbocycles. The third-order valence-corrected chi connectivity index (χ3v) is 8.69. The fraction of sp³-hybridized carbons (Fsp3) is 0.343. The molecule has 1 atom stereocenters. The number of aryl methyl sites for hydroxylation is 1. The van der Waals surface area contributed by atoms with Gasteiger partial charge in [-0.1, -0.05) is 95.1 Å². The molecule has 1 unspecified atom stereocenters. The van der Waals surface area contributed by atoms with Crippen molar-refractivity contribution in [2.45, 2.75) is 77.4 Å². The Kier molecular flexibility index (Phi) is 8.10. The van der Waals surface area contributed by atoms with Crippen LogP contribution in [0.2, 0.25) is 10.0 Å². The van der Waals surface area contributed by atoms with Crippen molar-refractivity contribution < 1.29 is 19.8 Å². The first-order valence-electron chi connectivity index (χ1n) is 14.3. The van der Waals surface area contributed by atoms with E-state index in [2.05, 4.69) is 46.9 Å². The predicted octanol–water partition coefficient (Wildman–Crippen LogP) is 8.37. The number of phenols is 1. The van der Waals surface area contributed by atoms with Gasteiger partial charge in [0.2, 0.25) is 0 Å². The maximum Gasteiger partial charge on any atom is 0.180 e. The van der Waals surface area contributed by atoms with Crippen molar-refractivity contribution in [3.63, 3.8) is 0 Å². The van der Waals surface area contributed by atoms with Gasteiger partial charge in [-0.05, 0) is 64.6 Å². The summed E-state index contributed by atoms with van der Waals surface area (Å²) >= 11 is 12.2. The molecule has 6 nitrogen and oxygen atoms in total. The van der Waals surface area contributed by atoms with E-state index in [1.807, 2.05) is 36.4 Å². The highest BCUT2D eigenvalue weighted by Gasteiger charge is 2.41. The molecule has 8 heteroatoms. The second kappa shape index (κ2) is 11.2. The minimum Gasteiger partial charge on any atom is -0.507 e. The molecule has 1 heterocycles. The van der Waals surface area contributed by atoms with Gasteiger partial charge in [0.05, 0.1) is 26.9 Å². The van der Waals surface area contributed by atoms with Crippen molar-refractivity contribution in [2.75, 3.05) is 5.32 Å². The van der Waals surface area contributed by atoms with Gasteiger partial charge >= 0.3 is 0 Å². The van der Waals surface area contributed by atoms with E-state index in [-0.39, 0.29) is 43.6 Å². The minimum absolute atomic E-state index is 0.214. The van der Waals surface area contributed by atoms with E-state index in [0.717, 1.165) is 22.1 Å². The van der Waals surface area contributed by atoms with Crippen molar-refractivity contribution >= 4 is 51.4 Å². The number of phenolic OH excluding ortho intramolecular Hbond substituents is 1. The number of anilines is 1. The fourth-order valence-electron chi connectivity index (χ4n) is 5.63. The van der Waals surface area contributed by atoms with E-state index in [9.17, 15) is 19.8 Å². The van der Waals surface area contributed by atoms with Crippen molar-refractivity contribution in [1.82, 2.24) is 4.98 Å². The Hall–Kier alpha value is -3.45. The quantitative estimate of drug-likeness (QED) is 0.148. The topological polar surface area (TPSA) is 99.5 Å². The third kappa shape index (κ3) is 6.01. The Labute approximate surface area is 262 Å². The molecule has 0 bridgehead atoms. The number of carbonyl (C=O) groups excluding carboxylic acids is 2. The van der Waals surface area contributed by atoms with Crippen LogP contribution in [0.5, 0.6) is 5.75 Å². The monoisotopic (exact) mass is 618 g/mol. The number of hydrogen-bond acceptors (Lipinski definition) is 6. The number of aliphatic hydroxyl groups excluding tert-OH is 1. The van der Waals surface area contributed by atoms with Gasteiger partial charge in [0, 0.05) is 16.5 Å². The van der Waals surface area contributed by atoms with Crippen molar-refractivity contribution in [1.29, 1.82) is 0 Å². The van der Waals surface area contributed by atoms with Gasteiger partial charge in [-0.25, -0.2) is 4.98 Å². The lowest BCUT2D eigenvalue weighted by Crippen LogP contribution is -2.21. The molecule has 4 aromatic rings. The van der Waals surface area contributed by atoms with Crippen LogP contribution in [-0.2, 0) is 17.3 Å². The van der Waals surface area contributed by atoms with Crippen molar-refractivity contribution in [3.05, 3.63) is 98.2 Å². The third-order valence-electron chi connectivity index (χ3n) is 7.97. The molecular formula is C35H36Cl2N2O4. The summed E-state index contributed by atoms with van der Waals surface area (Å²) in [6.45, 7) is 12.5. The molecule has 0 aliphatic heterocycles. The van der Waals surface area contributed by atoms with Crippen LogP contribution in [0.25, 0.3) is 10.9 Å². The fourth-order valence-corrected chi connectivity index (χ4v) is 5.96. The van der Waals surface area contributed by atoms with Crippen LogP contribution >= 0.6 is 23.2 Å². The molecule has 1 aliphatic carbocycles. The second-order valence-electron chi connectivity index (χ2n) is 13.3. The number of para-hydroxylation sites is 1. The molecular weight excluding hydrogens is 583 g/mol. The summed E-state index contributed by atoms with van der Waals surface area (Å²) < 4.78 is 0. The molecule has 0 fully saturated rings. The Morgan fingerprint density at radius 3 is 1.95 bits per heavy atom. The minimum atomic E-state index is -1.09. The van der Waals surface area contributed by atoms with Crippen LogP contribution in [-0.4, -0.2) is 33.0 Å². The van der Waals surface area contributed by atoms with Gasteiger partial charge < -0.3 is 15.5 Å². The predicted molar refractivity (Wildman–Crippen MR) is 173 cm³/mol. The zero-order chi connectivity index (χ0) is 31.4. The summed E-state index contributed by atoms with van der Waals surface area (Å²) in [4.78, 5) is 31.2. The largest absolute Gasteiger partial charge is 0.507 e. The number of nitrogens with one attached hydrogen (secondary N) is 1. The second-order valence-corrected chi connectivity index (χ2v) is 14.1. The Morgan fingerprint density at radius 1 is 0.860 bits per heavy atom. The van der Waals surface area contributed by atoms with Crippen LogP contribution in [0.15, 0.2) is 54.6 Å².